The highest BCUT2D eigenvalue weighted by Crippen LogP contribution is 2.28. The first-order valence-corrected chi connectivity index (χ1v) is 9.97. The van der Waals surface area contributed by atoms with Crippen molar-refractivity contribution in [3.63, 3.8) is 0 Å². The molecule has 170 valence electrons. The van der Waals surface area contributed by atoms with Crippen LogP contribution in [0.25, 0.3) is 16.9 Å². The summed E-state index contributed by atoms with van der Waals surface area (Å²) in [6, 6.07) is 12.4. The minimum absolute atomic E-state index is 0.0124. The number of carbonyl (C=O) groups is 1. The number of ether oxygens (including phenoxy) is 1. The smallest absolute Gasteiger partial charge is 0.280 e. The highest BCUT2D eigenvalue weighted by Gasteiger charge is 2.21. The maximum atomic E-state index is 13.7. The number of nitrogens with one attached hydrogen (secondary N) is 1. The molecule has 0 atom stereocenters. The molecular formula is C23H20F2N4O4. The molecule has 0 unspecified atom stereocenters. The number of phenolic OH excluding ortho intramolecular Hbond substituents is 2. The van der Waals surface area contributed by atoms with Crippen molar-refractivity contribution in [2.75, 3.05) is 13.7 Å². The van der Waals surface area contributed by atoms with Crippen molar-refractivity contribution in [2.24, 2.45) is 0 Å². The number of rotatable bonds is 7. The molecule has 8 nitrogen and oxygen atoms in total. The van der Waals surface area contributed by atoms with Crippen LogP contribution in [0.3, 0.4) is 0 Å². The third-order valence-corrected chi connectivity index (χ3v) is 5.09. The second kappa shape index (κ2) is 9.11. The van der Waals surface area contributed by atoms with Gasteiger partial charge in [0.2, 0.25) is 0 Å². The lowest BCUT2D eigenvalue weighted by atomic mass is 10.1. The van der Waals surface area contributed by atoms with Gasteiger partial charge in [0.05, 0.1) is 19.0 Å². The third kappa shape index (κ3) is 4.54. The maximum absolute atomic E-state index is 13.7. The van der Waals surface area contributed by atoms with E-state index < -0.39 is 12.3 Å². The summed E-state index contributed by atoms with van der Waals surface area (Å²) in [6.45, 7) is 0.209. The van der Waals surface area contributed by atoms with E-state index in [2.05, 4.69) is 15.4 Å². The normalized spacial score (nSPS) is 11.2. The molecule has 0 fully saturated rings. The number of benzene rings is 2. The van der Waals surface area contributed by atoms with Gasteiger partial charge >= 0.3 is 0 Å². The van der Waals surface area contributed by atoms with Crippen LogP contribution in [-0.4, -0.2) is 44.4 Å². The molecule has 0 spiro atoms. The highest BCUT2D eigenvalue weighted by atomic mass is 19.3. The first-order chi connectivity index (χ1) is 15.9. The molecule has 0 saturated heterocycles. The zero-order valence-corrected chi connectivity index (χ0v) is 17.5. The van der Waals surface area contributed by atoms with E-state index in [0.717, 1.165) is 4.52 Å². The van der Waals surface area contributed by atoms with Crippen LogP contribution in [0, 0.1) is 0 Å². The molecule has 2 aromatic carbocycles. The standard InChI is InChI=1S/C23H20F2N4O4/c1-33-15-5-3-14(4-6-15)17-11-18(21(24)25)29-22(28-17)16(12-27-29)23(32)26-9-8-13-2-7-19(30)20(31)10-13/h2-7,10-12,21,30-31H,8-9H2,1H3,(H,26,32). The maximum Gasteiger partial charge on any atom is 0.280 e. The van der Waals surface area contributed by atoms with Crippen molar-refractivity contribution in [3.05, 3.63) is 71.5 Å². The quantitative estimate of drug-likeness (QED) is 0.367. The van der Waals surface area contributed by atoms with Crippen LogP contribution in [-0.2, 0) is 6.42 Å². The average molecular weight is 454 g/mol. The number of aromatic hydroxyl groups is 2. The summed E-state index contributed by atoms with van der Waals surface area (Å²) in [7, 11) is 1.52. The molecule has 2 heterocycles. The Morgan fingerprint density at radius 1 is 1.12 bits per heavy atom. The summed E-state index contributed by atoms with van der Waals surface area (Å²) in [5.74, 6) is -0.396. The SMILES string of the molecule is COc1ccc(-c2cc(C(F)F)n3ncc(C(=O)NCCc4ccc(O)c(O)c4)c3n2)cc1. The van der Waals surface area contributed by atoms with Gasteiger partial charge in [-0.2, -0.15) is 5.10 Å². The summed E-state index contributed by atoms with van der Waals surface area (Å²) in [5.41, 5.74) is 1.24. The molecule has 0 aliphatic rings. The molecule has 4 aromatic rings. The van der Waals surface area contributed by atoms with Crippen molar-refractivity contribution in [1.82, 2.24) is 19.9 Å². The molecule has 2 aromatic heterocycles. The Morgan fingerprint density at radius 2 is 1.88 bits per heavy atom. The fourth-order valence-electron chi connectivity index (χ4n) is 3.35. The van der Waals surface area contributed by atoms with Crippen molar-refractivity contribution >= 4 is 11.6 Å². The van der Waals surface area contributed by atoms with E-state index in [1.807, 2.05) is 0 Å². The van der Waals surface area contributed by atoms with Crippen molar-refractivity contribution in [1.29, 1.82) is 0 Å². The predicted octanol–water partition coefficient (Wildman–Crippen LogP) is 3.73. The minimum Gasteiger partial charge on any atom is -0.504 e. The van der Waals surface area contributed by atoms with Gasteiger partial charge in [-0.15, -0.1) is 0 Å². The fourth-order valence-corrected chi connectivity index (χ4v) is 3.35. The fraction of sp³-hybridized carbons (Fsp3) is 0.174. The van der Waals surface area contributed by atoms with Gasteiger partial charge in [0.1, 0.15) is 17.0 Å². The Morgan fingerprint density at radius 3 is 2.55 bits per heavy atom. The number of halogens is 2. The number of phenols is 2. The van der Waals surface area contributed by atoms with Crippen LogP contribution in [0.2, 0.25) is 0 Å². The van der Waals surface area contributed by atoms with Crippen molar-refractivity contribution in [2.45, 2.75) is 12.8 Å². The number of hydrogen-bond donors (Lipinski definition) is 3. The Kier molecular flexibility index (Phi) is 6.07. The van der Waals surface area contributed by atoms with Crippen LogP contribution in [0.4, 0.5) is 8.78 Å². The van der Waals surface area contributed by atoms with Crippen LogP contribution < -0.4 is 10.1 Å². The predicted molar refractivity (Wildman–Crippen MR) is 116 cm³/mol. The molecule has 0 bridgehead atoms. The van der Waals surface area contributed by atoms with Crippen molar-refractivity contribution in [3.8, 4) is 28.5 Å². The number of methoxy groups -OCH3 is 1. The number of aromatic nitrogens is 3. The van der Waals surface area contributed by atoms with Crippen LogP contribution >= 0.6 is 0 Å². The Balaban J connectivity index is 1.60. The minimum atomic E-state index is -2.83. The number of hydrogen-bond acceptors (Lipinski definition) is 6. The zero-order valence-electron chi connectivity index (χ0n) is 17.5. The molecule has 0 saturated carbocycles. The molecule has 0 radical (unpaired) electrons. The number of amides is 1. The number of fused-ring (bicyclic) bond motifs is 1. The van der Waals surface area contributed by atoms with E-state index in [4.69, 9.17) is 4.74 Å². The zero-order chi connectivity index (χ0) is 23.5. The monoisotopic (exact) mass is 454 g/mol. The summed E-state index contributed by atoms with van der Waals surface area (Å²) >= 11 is 0. The molecule has 33 heavy (non-hydrogen) atoms. The van der Waals surface area contributed by atoms with Gasteiger partial charge in [-0.1, -0.05) is 6.07 Å². The Labute approximate surface area is 187 Å². The van der Waals surface area contributed by atoms with E-state index in [1.54, 1.807) is 30.3 Å². The topological polar surface area (TPSA) is 109 Å². The van der Waals surface area contributed by atoms with Crippen molar-refractivity contribution < 1.29 is 28.5 Å². The number of alkyl halides is 2. The first-order valence-electron chi connectivity index (χ1n) is 9.97. The Bertz CT molecular complexity index is 1310. The van der Waals surface area contributed by atoms with Gasteiger partial charge in [-0.3, -0.25) is 4.79 Å². The van der Waals surface area contributed by atoms with Gasteiger partial charge in [0.25, 0.3) is 12.3 Å². The van der Waals surface area contributed by atoms with Gasteiger partial charge in [-0.25, -0.2) is 18.3 Å². The van der Waals surface area contributed by atoms with Gasteiger partial charge in [0.15, 0.2) is 17.1 Å². The van der Waals surface area contributed by atoms with Gasteiger partial charge in [-0.05, 0) is 54.4 Å². The average Bonchev–Trinajstić information content (AvgIpc) is 3.24. The molecular weight excluding hydrogens is 434 g/mol. The summed E-state index contributed by atoms with van der Waals surface area (Å²) in [5, 5.41) is 25.6. The van der Waals surface area contributed by atoms with Gasteiger partial charge < -0.3 is 20.3 Å². The highest BCUT2D eigenvalue weighted by molar-refractivity contribution is 5.99. The van der Waals surface area contributed by atoms with Crippen LogP contribution in [0.5, 0.6) is 17.2 Å². The third-order valence-electron chi connectivity index (χ3n) is 5.09. The summed E-state index contributed by atoms with van der Waals surface area (Å²) in [4.78, 5) is 17.2. The van der Waals surface area contributed by atoms with E-state index in [-0.39, 0.29) is 40.6 Å². The summed E-state index contributed by atoms with van der Waals surface area (Å²) in [6.07, 6.45) is -1.25. The first kappa shape index (κ1) is 22.0. The van der Waals surface area contributed by atoms with E-state index in [9.17, 15) is 23.8 Å². The van der Waals surface area contributed by atoms with E-state index in [0.29, 0.717) is 23.3 Å². The largest absolute Gasteiger partial charge is 0.504 e. The lowest BCUT2D eigenvalue weighted by Crippen LogP contribution is -2.25. The molecule has 0 aliphatic heterocycles. The molecule has 4 rings (SSSR count). The second-order valence-corrected chi connectivity index (χ2v) is 7.22. The second-order valence-electron chi connectivity index (χ2n) is 7.22. The molecule has 1 amide bonds. The lowest BCUT2D eigenvalue weighted by molar-refractivity contribution is 0.0955. The molecule has 3 N–H and O–H groups in total. The lowest BCUT2D eigenvalue weighted by Gasteiger charge is -2.09. The van der Waals surface area contributed by atoms with E-state index >= 15 is 0 Å². The van der Waals surface area contributed by atoms with Crippen LogP contribution in [0.15, 0.2) is 54.7 Å². The Hall–Kier alpha value is -4.21. The summed E-state index contributed by atoms with van der Waals surface area (Å²) < 4.78 is 33.5. The number of carbonyl (C=O) groups excluding carboxylic acids is 1. The van der Waals surface area contributed by atoms with Gasteiger partial charge in [0, 0.05) is 12.1 Å². The molecule has 0 aliphatic carbocycles. The number of nitrogens with zero attached hydrogens (tertiary/aromatic N) is 3. The van der Waals surface area contributed by atoms with Crippen LogP contribution in [0.1, 0.15) is 28.0 Å². The molecule has 10 heteroatoms. The van der Waals surface area contributed by atoms with E-state index in [1.165, 1.54) is 31.5 Å².